The van der Waals surface area contributed by atoms with E-state index in [2.05, 4.69) is 29.5 Å². The Morgan fingerprint density at radius 1 is 1.15 bits per heavy atom. The molecule has 0 saturated carbocycles. The molecule has 0 spiro atoms. The molecule has 0 aliphatic carbocycles. The van der Waals surface area contributed by atoms with E-state index in [0.717, 1.165) is 22.7 Å². The van der Waals surface area contributed by atoms with Gasteiger partial charge in [0.25, 0.3) is 5.91 Å². The molecule has 2 aromatic carbocycles. The van der Waals surface area contributed by atoms with Crippen molar-refractivity contribution >= 4 is 33.8 Å². The number of carbonyl (C=O) groups excluding carboxylic acids is 1. The zero-order valence-corrected chi connectivity index (χ0v) is 16.7. The van der Waals surface area contributed by atoms with Gasteiger partial charge in [-0.2, -0.15) is 0 Å². The molecule has 2 N–H and O–H groups in total. The molecule has 1 aromatic heterocycles. The number of hydrogen-bond acceptors (Lipinski definition) is 5. The molecular weight excluding hydrogens is 358 g/mol. The second-order valence-electron chi connectivity index (χ2n) is 6.60. The number of nitrogens with zero attached hydrogens (tertiary/aromatic N) is 1. The average molecular weight is 382 g/mol. The van der Waals surface area contributed by atoms with E-state index < -0.39 is 0 Å². The third kappa shape index (κ3) is 4.65. The van der Waals surface area contributed by atoms with Gasteiger partial charge in [-0.25, -0.2) is 4.98 Å². The van der Waals surface area contributed by atoms with Crippen LogP contribution in [0.15, 0.2) is 47.8 Å². The topological polar surface area (TPSA) is 63.2 Å². The Morgan fingerprint density at radius 3 is 2.56 bits per heavy atom. The molecule has 6 heteroatoms. The Bertz CT molecular complexity index is 933. The number of amides is 1. The van der Waals surface area contributed by atoms with Crippen LogP contribution in [0.4, 0.5) is 16.5 Å². The van der Waals surface area contributed by atoms with Gasteiger partial charge in [0.15, 0.2) is 5.13 Å². The van der Waals surface area contributed by atoms with Gasteiger partial charge in [-0.1, -0.05) is 32.0 Å². The minimum Gasteiger partial charge on any atom is -0.495 e. The van der Waals surface area contributed by atoms with Crippen molar-refractivity contribution in [2.45, 2.75) is 26.7 Å². The Balaban J connectivity index is 1.70. The molecule has 1 heterocycles. The molecule has 0 atom stereocenters. The van der Waals surface area contributed by atoms with Crippen LogP contribution in [0, 0.1) is 6.92 Å². The molecule has 3 aromatic rings. The predicted molar refractivity (Wildman–Crippen MR) is 112 cm³/mol. The first-order valence-electron chi connectivity index (χ1n) is 8.74. The van der Waals surface area contributed by atoms with Crippen molar-refractivity contribution in [1.29, 1.82) is 0 Å². The summed E-state index contributed by atoms with van der Waals surface area (Å²) in [5.41, 5.74) is 4.30. The summed E-state index contributed by atoms with van der Waals surface area (Å²) in [5.74, 6) is 0.959. The highest BCUT2D eigenvalue weighted by molar-refractivity contribution is 7.14. The normalized spacial score (nSPS) is 10.7. The van der Waals surface area contributed by atoms with Crippen molar-refractivity contribution in [3.8, 4) is 5.75 Å². The maximum atomic E-state index is 12.5. The first-order valence-corrected chi connectivity index (χ1v) is 9.62. The molecule has 0 saturated heterocycles. The molecule has 0 bridgehead atoms. The number of aryl methyl sites for hydroxylation is 1. The highest BCUT2D eigenvalue weighted by Gasteiger charge is 2.13. The average Bonchev–Trinajstić information content (AvgIpc) is 3.11. The van der Waals surface area contributed by atoms with E-state index in [1.165, 1.54) is 16.9 Å². The minimum atomic E-state index is -0.229. The minimum absolute atomic E-state index is 0.229. The van der Waals surface area contributed by atoms with Gasteiger partial charge in [-0.15, -0.1) is 11.3 Å². The fraction of sp³-hybridized carbons (Fsp3) is 0.238. The number of carbonyl (C=O) groups is 1. The van der Waals surface area contributed by atoms with Crippen LogP contribution in [0.25, 0.3) is 0 Å². The van der Waals surface area contributed by atoms with Gasteiger partial charge in [0, 0.05) is 11.1 Å². The van der Waals surface area contributed by atoms with Crippen molar-refractivity contribution in [2.24, 2.45) is 0 Å². The first kappa shape index (κ1) is 18.9. The number of rotatable bonds is 6. The molecule has 0 radical (unpaired) electrons. The van der Waals surface area contributed by atoms with Crippen LogP contribution in [-0.4, -0.2) is 18.0 Å². The maximum absolute atomic E-state index is 12.5. The quantitative estimate of drug-likeness (QED) is 0.585. The van der Waals surface area contributed by atoms with Crippen LogP contribution in [0.1, 0.15) is 41.4 Å². The number of methoxy groups -OCH3 is 1. The zero-order chi connectivity index (χ0) is 19.4. The Labute approximate surface area is 163 Å². The smallest absolute Gasteiger partial charge is 0.275 e. The van der Waals surface area contributed by atoms with Crippen molar-refractivity contribution in [3.05, 3.63) is 64.7 Å². The van der Waals surface area contributed by atoms with Gasteiger partial charge in [0.2, 0.25) is 0 Å². The van der Waals surface area contributed by atoms with Crippen LogP contribution < -0.4 is 15.4 Å². The fourth-order valence-corrected chi connectivity index (χ4v) is 3.32. The molecule has 1 amide bonds. The van der Waals surface area contributed by atoms with Gasteiger partial charge in [-0.05, 0) is 48.2 Å². The third-order valence-electron chi connectivity index (χ3n) is 4.17. The lowest BCUT2D eigenvalue weighted by Gasteiger charge is -2.09. The van der Waals surface area contributed by atoms with Crippen LogP contribution >= 0.6 is 11.3 Å². The molecule has 27 heavy (non-hydrogen) atoms. The van der Waals surface area contributed by atoms with Crippen LogP contribution in [-0.2, 0) is 0 Å². The van der Waals surface area contributed by atoms with Crippen LogP contribution in [0.3, 0.4) is 0 Å². The molecule has 0 unspecified atom stereocenters. The van der Waals surface area contributed by atoms with E-state index in [4.69, 9.17) is 4.74 Å². The molecule has 0 fully saturated rings. The summed E-state index contributed by atoms with van der Waals surface area (Å²) in [6.45, 7) is 6.29. The van der Waals surface area contributed by atoms with E-state index in [-0.39, 0.29) is 5.91 Å². The summed E-state index contributed by atoms with van der Waals surface area (Å²) in [6, 6.07) is 13.7. The lowest BCUT2D eigenvalue weighted by atomic mass is 10.0. The number of benzene rings is 2. The van der Waals surface area contributed by atoms with E-state index >= 15 is 0 Å². The molecular formula is C21H23N3O2S. The van der Waals surface area contributed by atoms with Crippen LogP contribution in [0.5, 0.6) is 5.75 Å². The predicted octanol–water partition coefficient (Wildman–Crippen LogP) is 5.58. The number of aromatic nitrogens is 1. The largest absolute Gasteiger partial charge is 0.495 e. The zero-order valence-electron chi connectivity index (χ0n) is 15.9. The van der Waals surface area contributed by atoms with Gasteiger partial charge < -0.3 is 15.4 Å². The van der Waals surface area contributed by atoms with Gasteiger partial charge in [0.1, 0.15) is 11.4 Å². The van der Waals surface area contributed by atoms with E-state index in [1.54, 1.807) is 12.5 Å². The summed E-state index contributed by atoms with van der Waals surface area (Å²) in [6.07, 6.45) is 0. The highest BCUT2D eigenvalue weighted by atomic mass is 32.1. The molecule has 0 aliphatic heterocycles. The van der Waals surface area contributed by atoms with E-state index in [9.17, 15) is 4.79 Å². The number of anilines is 3. The van der Waals surface area contributed by atoms with Gasteiger partial charge in [0.05, 0.1) is 12.8 Å². The first-order chi connectivity index (χ1) is 13.0. The SMILES string of the molecule is COc1ccc(C)cc1Nc1nc(C(=O)Nc2ccc(C(C)C)cc2)cs1. The number of nitrogens with one attached hydrogen (secondary N) is 2. The van der Waals surface area contributed by atoms with Crippen molar-refractivity contribution in [2.75, 3.05) is 17.7 Å². The van der Waals surface area contributed by atoms with Crippen molar-refractivity contribution in [3.63, 3.8) is 0 Å². The molecule has 5 nitrogen and oxygen atoms in total. The summed E-state index contributed by atoms with van der Waals surface area (Å²) >= 11 is 1.38. The van der Waals surface area contributed by atoms with Crippen LogP contribution in [0.2, 0.25) is 0 Å². The number of hydrogen-bond donors (Lipinski definition) is 2. The third-order valence-corrected chi connectivity index (χ3v) is 4.93. The monoisotopic (exact) mass is 381 g/mol. The fourth-order valence-electron chi connectivity index (χ4n) is 2.62. The highest BCUT2D eigenvalue weighted by Crippen LogP contribution is 2.30. The second-order valence-corrected chi connectivity index (χ2v) is 7.46. The second kappa shape index (κ2) is 8.22. The van der Waals surface area contributed by atoms with Gasteiger partial charge >= 0.3 is 0 Å². The standard InChI is InChI=1S/C21H23N3O2S/c1-13(2)15-6-8-16(9-7-15)22-20(25)18-12-27-21(24-18)23-17-11-14(3)5-10-19(17)26-4/h5-13H,1-4H3,(H,22,25)(H,23,24). The molecule has 0 aliphatic rings. The summed E-state index contributed by atoms with van der Waals surface area (Å²) in [7, 11) is 1.63. The Morgan fingerprint density at radius 2 is 1.89 bits per heavy atom. The Hall–Kier alpha value is -2.86. The lowest BCUT2D eigenvalue weighted by Crippen LogP contribution is -2.12. The van der Waals surface area contributed by atoms with Crippen molar-refractivity contribution < 1.29 is 9.53 Å². The molecule has 140 valence electrons. The summed E-state index contributed by atoms with van der Waals surface area (Å²) in [5, 5.41) is 8.49. The van der Waals surface area contributed by atoms with E-state index in [0.29, 0.717) is 16.7 Å². The number of thiazole rings is 1. The summed E-state index contributed by atoms with van der Waals surface area (Å²) < 4.78 is 5.37. The molecule has 3 rings (SSSR count). The maximum Gasteiger partial charge on any atom is 0.275 e. The lowest BCUT2D eigenvalue weighted by molar-refractivity contribution is 0.102. The Kier molecular flexibility index (Phi) is 5.76. The van der Waals surface area contributed by atoms with Crippen molar-refractivity contribution in [1.82, 2.24) is 4.98 Å². The summed E-state index contributed by atoms with van der Waals surface area (Å²) in [4.78, 5) is 16.8. The van der Waals surface area contributed by atoms with Gasteiger partial charge in [-0.3, -0.25) is 4.79 Å². The van der Waals surface area contributed by atoms with E-state index in [1.807, 2.05) is 49.4 Å². The number of ether oxygens (including phenoxy) is 1.